The predicted octanol–water partition coefficient (Wildman–Crippen LogP) is 2.38. The van der Waals surface area contributed by atoms with Crippen LogP contribution in [-0.2, 0) is 0 Å². The van der Waals surface area contributed by atoms with E-state index in [1.54, 1.807) is 12.1 Å². The first kappa shape index (κ1) is 12.9. The van der Waals surface area contributed by atoms with E-state index in [9.17, 15) is 4.39 Å². The van der Waals surface area contributed by atoms with Gasteiger partial charge in [-0.15, -0.1) is 0 Å². The number of hydrogen-bond acceptors (Lipinski definition) is 1. The van der Waals surface area contributed by atoms with Gasteiger partial charge in [0.15, 0.2) is 5.96 Å². The zero-order valence-electron chi connectivity index (χ0n) is 10.9. The van der Waals surface area contributed by atoms with Gasteiger partial charge in [0, 0.05) is 12.0 Å². The summed E-state index contributed by atoms with van der Waals surface area (Å²) in [6, 6.07) is 7.26. The summed E-state index contributed by atoms with van der Waals surface area (Å²) >= 11 is 0. The Morgan fingerprint density at radius 2 is 2.39 bits per heavy atom. The number of aliphatic imine (C=N–C) groups is 1. The van der Waals surface area contributed by atoms with E-state index >= 15 is 0 Å². The highest BCUT2D eigenvalue weighted by Crippen LogP contribution is 2.43. The van der Waals surface area contributed by atoms with E-state index in [1.807, 2.05) is 6.07 Å². The number of nitrogens with two attached hydrogens (primary N) is 1. The normalized spacial score (nSPS) is 24.7. The van der Waals surface area contributed by atoms with Gasteiger partial charge in [-0.1, -0.05) is 19.1 Å². The summed E-state index contributed by atoms with van der Waals surface area (Å²) in [6.45, 7) is 4.16. The summed E-state index contributed by atoms with van der Waals surface area (Å²) in [7, 11) is 0. The predicted molar refractivity (Wildman–Crippen MR) is 72.1 cm³/mol. The highest BCUT2D eigenvalue weighted by atomic mass is 19.1. The van der Waals surface area contributed by atoms with Gasteiger partial charge in [-0.25, -0.2) is 9.38 Å². The lowest BCUT2D eigenvalue weighted by molar-refractivity contribution is 0.625. The zero-order chi connectivity index (χ0) is 13.1. The van der Waals surface area contributed by atoms with Gasteiger partial charge in [0.25, 0.3) is 0 Å². The van der Waals surface area contributed by atoms with Crippen molar-refractivity contribution in [3.05, 3.63) is 35.6 Å². The third-order valence-electron chi connectivity index (χ3n) is 3.35. The summed E-state index contributed by atoms with van der Waals surface area (Å²) in [5.74, 6) is 0.624. The molecule has 1 aliphatic carbocycles. The Hall–Kier alpha value is -1.58. The van der Waals surface area contributed by atoms with Crippen LogP contribution >= 0.6 is 0 Å². The SMILES string of the molecule is CCC(C)NC(N)=N[C@@H]1C[C@H]1c1cccc(F)c1. The van der Waals surface area contributed by atoms with Crippen LogP contribution in [-0.4, -0.2) is 18.0 Å². The van der Waals surface area contributed by atoms with Crippen molar-refractivity contribution in [2.45, 2.75) is 44.7 Å². The van der Waals surface area contributed by atoms with Crippen molar-refractivity contribution in [2.75, 3.05) is 0 Å². The first-order valence-corrected chi connectivity index (χ1v) is 6.45. The molecule has 18 heavy (non-hydrogen) atoms. The van der Waals surface area contributed by atoms with Gasteiger partial charge in [0.2, 0.25) is 0 Å². The number of benzene rings is 1. The molecule has 3 nitrogen and oxygen atoms in total. The van der Waals surface area contributed by atoms with Gasteiger partial charge in [-0.2, -0.15) is 0 Å². The summed E-state index contributed by atoms with van der Waals surface area (Å²) in [5, 5.41) is 3.14. The van der Waals surface area contributed by atoms with E-state index in [1.165, 1.54) is 6.07 Å². The van der Waals surface area contributed by atoms with E-state index in [2.05, 4.69) is 24.2 Å². The van der Waals surface area contributed by atoms with Crippen molar-refractivity contribution >= 4 is 5.96 Å². The minimum Gasteiger partial charge on any atom is -0.370 e. The Morgan fingerprint density at radius 3 is 3.06 bits per heavy atom. The van der Waals surface area contributed by atoms with Crippen molar-refractivity contribution < 1.29 is 4.39 Å². The molecule has 1 fully saturated rings. The Kier molecular flexibility index (Phi) is 3.84. The van der Waals surface area contributed by atoms with Crippen LogP contribution in [0.2, 0.25) is 0 Å². The molecule has 3 atom stereocenters. The number of rotatable bonds is 4. The molecule has 0 heterocycles. The van der Waals surface area contributed by atoms with Crippen LogP contribution in [0.15, 0.2) is 29.3 Å². The average molecular weight is 249 g/mol. The van der Waals surface area contributed by atoms with Crippen molar-refractivity contribution in [2.24, 2.45) is 10.7 Å². The van der Waals surface area contributed by atoms with Gasteiger partial charge in [-0.3, -0.25) is 0 Å². The van der Waals surface area contributed by atoms with Crippen molar-refractivity contribution in [1.29, 1.82) is 0 Å². The fourth-order valence-electron chi connectivity index (χ4n) is 1.99. The third-order valence-corrected chi connectivity index (χ3v) is 3.35. The molecule has 0 spiro atoms. The molecule has 1 unspecified atom stereocenters. The molecule has 0 aromatic heterocycles. The third kappa shape index (κ3) is 3.22. The van der Waals surface area contributed by atoms with Gasteiger partial charge < -0.3 is 11.1 Å². The monoisotopic (exact) mass is 249 g/mol. The lowest BCUT2D eigenvalue weighted by Crippen LogP contribution is -2.38. The highest BCUT2D eigenvalue weighted by molar-refractivity contribution is 5.78. The molecule has 0 radical (unpaired) electrons. The molecular weight excluding hydrogens is 229 g/mol. The molecule has 98 valence electrons. The summed E-state index contributed by atoms with van der Waals surface area (Å²) < 4.78 is 13.1. The Bertz CT molecular complexity index is 444. The number of guanidine groups is 1. The Morgan fingerprint density at radius 1 is 1.61 bits per heavy atom. The van der Waals surface area contributed by atoms with Crippen molar-refractivity contribution in [3.63, 3.8) is 0 Å². The number of halogens is 1. The molecule has 0 saturated heterocycles. The minimum atomic E-state index is -0.187. The zero-order valence-corrected chi connectivity index (χ0v) is 10.9. The van der Waals surface area contributed by atoms with Crippen LogP contribution in [0.3, 0.4) is 0 Å². The molecular formula is C14H20FN3. The lowest BCUT2D eigenvalue weighted by atomic mass is 10.1. The molecule has 0 aliphatic heterocycles. The average Bonchev–Trinajstić information content (AvgIpc) is 3.08. The molecule has 1 aromatic carbocycles. The quantitative estimate of drug-likeness (QED) is 0.636. The molecule has 1 saturated carbocycles. The maximum Gasteiger partial charge on any atom is 0.189 e. The van der Waals surface area contributed by atoms with Gasteiger partial charge in [0.05, 0.1) is 6.04 Å². The van der Waals surface area contributed by atoms with E-state index in [4.69, 9.17) is 5.73 Å². The van der Waals surface area contributed by atoms with Gasteiger partial charge in [-0.05, 0) is 37.5 Å². The van der Waals surface area contributed by atoms with Crippen LogP contribution in [0.1, 0.15) is 38.2 Å². The molecule has 0 amide bonds. The Labute approximate surface area is 107 Å². The molecule has 2 rings (SSSR count). The number of hydrogen-bond donors (Lipinski definition) is 2. The summed E-state index contributed by atoms with van der Waals surface area (Å²) in [6.07, 6.45) is 1.96. The van der Waals surface area contributed by atoms with Crippen LogP contribution in [0.25, 0.3) is 0 Å². The smallest absolute Gasteiger partial charge is 0.189 e. The topological polar surface area (TPSA) is 50.4 Å². The second kappa shape index (κ2) is 5.38. The fourth-order valence-corrected chi connectivity index (χ4v) is 1.99. The standard InChI is InChI=1S/C14H20FN3/c1-3-9(2)17-14(16)18-13-8-12(13)10-5-4-6-11(15)7-10/h4-7,9,12-13H,3,8H2,1-2H3,(H3,16,17,18)/t9?,12-,13+/m0/s1. The van der Waals surface area contributed by atoms with E-state index in [0.29, 0.717) is 17.9 Å². The van der Waals surface area contributed by atoms with Crippen LogP contribution in [0.5, 0.6) is 0 Å². The second-order valence-electron chi connectivity index (χ2n) is 4.93. The van der Waals surface area contributed by atoms with Gasteiger partial charge >= 0.3 is 0 Å². The fraction of sp³-hybridized carbons (Fsp3) is 0.500. The molecule has 4 heteroatoms. The number of nitrogens with one attached hydrogen (secondary N) is 1. The second-order valence-corrected chi connectivity index (χ2v) is 4.93. The van der Waals surface area contributed by atoms with E-state index in [0.717, 1.165) is 18.4 Å². The van der Waals surface area contributed by atoms with Crippen molar-refractivity contribution in [1.82, 2.24) is 5.32 Å². The number of nitrogens with zero attached hydrogens (tertiary/aromatic N) is 1. The largest absolute Gasteiger partial charge is 0.370 e. The molecule has 0 bridgehead atoms. The molecule has 1 aliphatic rings. The van der Waals surface area contributed by atoms with E-state index in [-0.39, 0.29) is 11.9 Å². The van der Waals surface area contributed by atoms with Crippen LogP contribution in [0, 0.1) is 5.82 Å². The first-order chi connectivity index (χ1) is 8.60. The van der Waals surface area contributed by atoms with Gasteiger partial charge in [0.1, 0.15) is 5.82 Å². The van der Waals surface area contributed by atoms with Crippen LogP contribution < -0.4 is 11.1 Å². The molecule has 3 N–H and O–H groups in total. The Balaban J connectivity index is 1.93. The maximum absolute atomic E-state index is 13.1. The maximum atomic E-state index is 13.1. The highest BCUT2D eigenvalue weighted by Gasteiger charge is 2.38. The summed E-state index contributed by atoms with van der Waals surface area (Å²) in [5.41, 5.74) is 6.84. The van der Waals surface area contributed by atoms with Crippen LogP contribution in [0.4, 0.5) is 4.39 Å². The summed E-state index contributed by atoms with van der Waals surface area (Å²) in [4.78, 5) is 4.42. The first-order valence-electron chi connectivity index (χ1n) is 6.45. The lowest BCUT2D eigenvalue weighted by Gasteiger charge is -2.11. The van der Waals surface area contributed by atoms with Crippen molar-refractivity contribution in [3.8, 4) is 0 Å². The van der Waals surface area contributed by atoms with E-state index < -0.39 is 0 Å². The minimum absolute atomic E-state index is 0.187. The molecule has 1 aromatic rings.